The van der Waals surface area contributed by atoms with Crippen LogP contribution in [0.3, 0.4) is 0 Å². The fraction of sp³-hybridized carbons (Fsp3) is 0.318. The number of aromatic nitrogens is 2. The van der Waals surface area contributed by atoms with Gasteiger partial charge >= 0.3 is 0 Å². The number of benzene rings is 2. The summed E-state index contributed by atoms with van der Waals surface area (Å²) in [6.07, 6.45) is 3.14. The molecule has 0 saturated carbocycles. The van der Waals surface area contributed by atoms with Gasteiger partial charge in [-0.25, -0.2) is 8.99 Å². The van der Waals surface area contributed by atoms with Gasteiger partial charge in [-0.3, -0.25) is 14.3 Å². The minimum atomic E-state index is -3.09. The van der Waals surface area contributed by atoms with Crippen molar-refractivity contribution >= 4 is 49.7 Å². The van der Waals surface area contributed by atoms with E-state index in [-0.39, 0.29) is 24.8 Å². The lowest BCUT2D eigenvalue weighted by atomic mass is 10.1. The van der Waals surface area contributed by atoms with E-state index >= 15 is 0 Å². The molecular formula is C22H24ClN5O4S. The second-order valence-corrected chi connectivity index (χ2v) is 10.4. The Bertz CT molecular complexity index is 1320. The van der Waals surface area contributed by atoms with Crippen LogP contribution in [-0.4, -0.2) is 63.3 Å². The molecule has 0 aliphatic carbocycles. The molecule has 2 amide bonds. The largest absolute Gasteiger partial charge is 0.370 e. The first-order valence-electron chi connectivity index (χ1n) is 10.3. The second-order valence-electron chi connectivity index (χ2n) is 7.89. The van der Waals surface area contributed by atoms with Crippen LogP contribution in [0.15, 0.2) is 47.5 Å². The maximum absolute atomic E-state index is 12.7. The van der Waals surface area contributed by atoms with Crippen LogP contribution in [0.25, 0.3) is 10.9 Å². The zero-order valence-electron chi connectivity index (χ0n) is 18.0. The highest BCUT2D eigenvalue weighted by molar-refractivity contribution is 7.92. The summed E-state index contributed by atoms with van der Waals surface area (Å²) in [5, 5.41) is 8.41. The Morgan fingerprint density at radius 3 is 2.82 bits per heavy atom. The summed E-state index contributed by atoms with van der Waals surface area (Å²) in [5.41, 5.74) is 1.61. The number of carbonyl (C=O) groups excluding carboxylic acids is 2. The monoisotopic (exact) mass is 489 g/mol. The summed E-state index contributed by atoms with van der Waals surface area (Å²) in [7, 11) is -3.09. The molecule has 2 aromatic carbocycles. The molecule has 2 heterocycles. The number of carbonyl (C=O) groups is 2. The van der Waals surface area contributed by atoms with Crippen LogP contribution < -0.4 is 5.32 Å². The van der Waals surface area contributed by atoms with Crippen LogP contribution in [0.5, 0.6) is 0 Å². The number of hydrogen-bond acceptors (Lipinski definition) is 6. The Balaban J connectivity index is 1.57. The molecule has 1 aliphatic rings. The normalized spacial score (nSPS) is 16.1. The van der Waals surface area contributed by atoms with E-state index in [1.807, 2.05) is 6.07 Å². The highest BCUT2D eigenvalue weighted by atomic mass is 35.5. The van der Waals surface area contributed by atoms with Gasteiger partial charge in [0.15, 0.2) is 0 Å². The van der Waals surface area contributed by atoms with E-state index in [0.717, 1.165) is 0 Å². The highest BCUT2D eigenvalue weighted by Crippen LogP contribution is 2.28. The van der Waals surface area contributed by atoms with Crippen LogP contribution in [0.1, 0.15) is 5.56 Å². The van der Waals surface area contributed by atoms with Gasteiger partial charge in [0.1, 0.15) is 6.61 Å². The molecule has 11 heteroatoms. The van der Waals surface area contributed by atoms with Gasteiger partial charge in [0.05, 0.1) is 39.7 Å². The lowest BCUT2D eigenvalue weighted by Crippen LogP contribution is -2.43. The van der Waals surface area contributed by atoms with Gasteiger partial charge in [0.2, 0.25) is 11.8 Å². The van der Waals surface area contributed by atoms with Gasteiger partial charge in [-0.2, -0.15) is 5.10 Å². The molecule has 174 valence electrons. The fourth-order valence-corrected chi connectivity index (χ4v) is 4.81. The average molecular weight is 490 g/mol. The molecule has 1 atom stereocenters. The number of ether oxygens (including phenoxy) is 1. The van der Waals surface area contributed by atoms with E-state index in [2.05, 4.69) is 10.4 Å². The van der Waals surface area contributed by atoms with Crippen molar-refractivity contribution in [3.63, 3.8) is 0 Å². The minimum Gasteiger partial charge on any atom is -0.370 e. The van der Waals surface area contributed by atoms with E-state index in [9.17, 15) is 13.8 Å². The number of fused-ring (bicyclic) bond motifs is 1. The third-order valence-corrected chi connectivity index (χ3v) is 6.88. The zero-order valence-corrected chi connectivity index (χ0v) is 19.6. The van der Waals surface area contributed by atoms with Crippen molar-refractivity contribution in [3.05, 3.63) is 53.2 Å². The third-order valence-electron chi connectivity index (χ3n) is 5.33. The zero-order chi connectivity index (χ0) is 23.6. The standard InChI is InChI=1S/C22H24ClN5O4S/c1-33(24,31)20-12-16(25-21(29)10-15-4-2-3-5-18(15)23)11-19-17(20)13-28(26-19)7-6-27-8-9-32-14-22(27)30/h2-5,11-13,24H,6-10,14H2,1H3,(H,25,29). The van der Waals surface area contributed by atoms with Gasteiger partial charge in [-0.1, -0.05) is 29.8 Å². The van der Waals surface area contributed by atoms with Gasteiger partial charge < -0.3 is 15.0 Å². The van der Waals surface area contributed by atoms with E-state index in [0.29, 0.717) is 58.3 Å². The molecule has 1 saturated heterocycles. The Morgan fingerprint density at radius 2 is 2.09 bits per heavy atom. The summed E-state index contributed by atoms with van der Waals surface area (Å²) >= 11 is 6.15. The third kappa shape index (κ3) is 5.52. The summed E-state index contributed by atoms with van der Waals surface area (Å²) in [6, 6.07) is 10.3. The van der Waals surface area contributed by atoms with E-state index in [1.54, 1.807) is 46.1 Å². The maximum Gasteiger partial charge on any atom is 0.248 e. The molecule has 9 nitrogen and oxygen atoms in total. The van der Waals surface area contributed by atoms with Crippen LogP contribution in [0.4, 0.5) is 5.69 Å². The quantitative estimate of drug-likeness (QED) is 0.529. The van der Waals surface area contributed by atoms with Gasteiger partial charge in [0, 0.05) is 41.6 Å². The van der Waals surface area contributed by atoms with Crippen molar-refractivity contribution in [3.8, 4) is 0 Å². The second kappa shape index (κ2) is 9.50. The predicted octanol–water partition coefficient (Wildman–Crippen LogP) is 2.77. The molecule has 0 radical (unpaired) electrons. The summed E-state index contributed by atoms with van der Waals surface area (Å²) in [4.78, 5) is 26.5. The van der Waals surface area contributed by atoms with E-state index in [4.69, 9.17) is 21.1 Å². The predicted molar refractivity (Wildman–Crippen MR) is 126 cm³/mol. The Hall–Kier alpha value is -2.95. The van der Waals surface area contributed by atoms with Gasteiger partial charge in [-0.15, -0.1) is 0 Å². The molecule has 4 rings (SSSR count). The average Bonchev–Trinajstić information content (AvgIpc) is 3.16. The Kier molecular flexibility index (Phi) is 6.68. The molecule has 1 unspecified atom stereocenters. The van der Waals surface area contributed by atoms with Crippen molar-refractivity contribution in [1.82, 2.24) is 14.7 Å². The Morgan fingerprint density at radius 1 is 1.30 bits per heavy atom. The minimum absolute atomic E-state index is 0.0649. The first kappa shape index (κ1) is 23.2. The molecule has 3 aromatic rings. The van der Waals surface area contributed by atoms with Crippen molar-refractivity contribution in [2.45, 2.75) is 17.9 Å². The number of nitrogens with zero attached hydrogens (tertiary/aromatic N) is 3. The van der Waals surface area contributed by atoms with Crippen LogP contribution in [-0.2, 0) is 37.0 Å². The summed E-state index contributed by atoms with van der Waals surface area (Å²) < 4.78 is 27.6. The SMILES string of the molecule is CS(=N)(=O)c1cc(NC(=O)Cc2ccccc2Cl)cc2nn(CCN3CCOCC3=O)cc12. The van der Waals surface area contributed by atoms with Crippen molar-refractivity contribution in [2.24, 2.45) is 0 Å². The number of rotatable bonds is 7. The number of hydrogen-bond donors (Lipinski definition) is 2. The number of amides is 2. The first-order valence-corrected chi connectivity index (χ1v) is 12.7. The maximum atomic E-state index is 12.7. The highest BCUT2D eigenvalue weighted by Gasteiger charge is 2.19. The summed E-state index contributed by atoms with van der Waals surface area (Å²) in [6.45, 7) is 2.03. The van der Waals surface area contributed by atoms with Crippen molar-refractivity contribution < 1.29 is 18.5 Å². The van der Waals surface area contributed by atoms with Crippen molar-refractivity contribution in [2.75, 3.05) is 37.9 Å². The van der Waals surface area contributed by atoms with Crippen LogP contribution in [0.2, 0.25) is 5.02 Å². The molecule has 0 spiro atoms. The van der Waals surface area contributed by atoms with Crippen molar-refractivity contribution in [1.29, 1.82) is 4.78 Å². The molecule has 1 aromatic heterocycles. The lowest BCUT2D eigenvalue weighted by molar-refractivity contribution is -0.142. The molecule has 0 bridgehead atoms. The number of nitrogens with one attached hydrogen (secondary N) is 2. The topological polar surface area (TPSA) is 117 Å². The molecule has 1 fully saturated rings. The molecule has 1 aliphatic heterocycles. The first-order chi connectivity index (χ1) is 15.7. The smallest absolute Gasteiger partial charge is 0.248 e. The van der Waals surface area contributed by atoms with Gasteiger partial charge in [-0.05, 0) is 23.8 Å². The van der Waals surface area contributed by atoms with Crippen LogP contribution >= 0.6 is 11.6 Å². The van der Waals surface area contributed by atoms with Crippen LogP contribution in [0, 0.1) is 4.78 Å². The number of morpholine rings is 1. The van der Waals surface area contributed by atoms with E-state index < -0.39 is 9.73 Å². The fourth-order valence-electron chi connectivity index (χ4n) is 3.68. The molecule has 33 heavy (non-hydrogen) atoms. The number of anilines is 1. The van der Waals surface area contributed by atoms with E-state index in [1.165, 1.54) is 6.26 Å². The van der Waals surface area contributed by atoms with Gasteiger partial charge in [0.25, 0.3) is 0 Å². The molecule has 2 N–H and O–H groups in total. The summed E-state index contributed by atoms with van der Waals surface area (Å²) in [5.74, 6) is -0.351. The molecular weight excluding hydrogens is 466 g/mol. The Labute approximate surface area is 196 Å². The lowest BCUT2D eigenvalue weighted by Gasteiger charge is -2.26. The number of halogens is 1.